The van der Waals surface area contributed by atoms with Crippen LogP contribution in [0.3, 0.4) is 0 Å². The molecule has 2 N–H and O–H groups in total. The van der Waals surface area contributed by atoms with E-state index in [9.17, 15) is 9.90 Å². The van der Waals surface area contributed by atoms with Gasteiger partial charge in [-0.2, -0.15) is 0 Å². The molecule has 1 saturated heterocycles. The molecule has 138 valence electrons. The Morgan fingerprint density at radius 1 is 1.36 bits per heavy atom. The quantitative estimate of drug-likeness (QED) is 0.861. The number of nitrogens with zero attached hydrogens (tertiary/aromatic N) is 1. The number of benzene rings is 1. The van der Waals surface area contributed by atoms with E-state index in [-0.39, 0.29) is 18.1 Å². The third-order valence-electron chi connectivity index (χ3n) is 5.80. The Morgan fingerprint density at radius 2 is 2.08 bits per heavy atom. The number of hydrogen-bond donors (Lipinski definition) is 2. The van der Waals surface area contributed by atoms with Gasteiger partial charge in [-0.05, 0) is 30.9 Å². The van der Waals surface area contributed by atoms with E-state index in [2.05, 4.69) is 31.0 Å². The molecule has 3 rings (SSSR count). The summed E-state index contributed by atoms with van der Waals surface area (Å²) in [5, 5.41) is 13.4. The van der Waals surface area contributed by atoms with Crippen LogP contribution >= 0.6 is 0 Å². The number of rotatable bonds is 5. The van der Waals surface area contributed by atoms with E-state index >= 15 is 0 Å². The first-order valence-electron chi connectivity index (χ1n) is 9.34. The molecule has 2 fully saturated rings. The van der Waals surface area contributed by atoms with Gasteiger partial charge in [-0.15, -0.1) is 0 Å². The maximum atomic E-state index is 12.1. The van der Waals surface area contributed by atoms with Crippen molar-refractivity contribution >= 4 is 6.09 Å². The Morgan fingerprint density at radius 3 is 2.72 bits per heavy atom. The third-order valence-corrected chi connectivity index (χ3v) is 5.80. The summed E-state index contributed by atoms with van der Waals surface area (Å²) in [4.78, 5) is 14.6. The first kappa shape index (κ1) is 18.2. The molecular weight excluding hydrogens is 316 g/mol. The predicted octanol–water partition coefficient (Wildman–Crippen LogP) is 2.78. The average molecular weight is 346 g/mol. The summed E-state index contributed by atoms with van der Waals surface area (Å²) in [6, 6.07) is 9.89. The number of aliphatic hydroxyl groups excluding tert-OH is 1. The van der Waals surface area contributed by atoms with Crippen LogP contribution < -0.4 is 5.32 Å². The fourth-order valence-corrected chi connectivity index (χ4v) is 4.96. The van der Waals surface area contributed by atoms with Crippen molar-refractivity contribution in [1.29, 1.82) is 0 Å². The van der Waals surface area contributed by atoms with E-state index < -0.39 is 12.2 Å². The van der Waals surface area contributed by atoms with Crippen molar-refractivity contribution in [1.82, 2.24) is 10.2 Å². The topological polar surface area (TPSA) is 61.8 Å². The monoisotopic (exact) mass is 346 g/mol. The molecule has 0 radical (unpaired) electrons. The number of aliphatic hydroxyl groups is 1. The summed E-state index contributed by atoms with van der Waals surface area (Å²) in [6.45, 7) is 8.98. The second kappa shape index (κ2) is 7.34. The Bertz CT molecular complexity index is 592. The molecule has 2 aliphatic rings. The second-order valence-electron chi connectivity index (χ2n) is 7.90. The predicted molar refractivity (Wildman–Crippen MR) is 97.1 cm³/mol. The summed E-state index contributed by atoms with van der Waals surface area (Å²) < 4.78 is 5.30. The van der Waals surface area contributed by atoms with Crippen LogP contribution in [-0.2, 0) is 11.3 Å². The lowest BCUT2D eigenvalue weighted by Crippen LogP contribution is -2.65. The first-order chi connectivity index (χ1) is 11.9. The molecule has 4 atom stereocenters. The Balaban J connectivity index is 1.54. The zero-order valence-electron chi connectivity index (χ0n) is 15.4. The van der Waals surface area contributed by atoms with Gasteiger partial charge in [-0.25, -0.2) is 4.79 Å². The Kier molecular flexibility index (Phi) is 5.35. The fraction of sp³-hybridized carbons (Fsp3) is 0.650. The summed E-state index contributed by atoms with van der Waals surface area (Å²) in [6.07, 6.45) is 0.645. The summed E-state index contributed by atoms with van der Waals surface area (Å²) >= 11 is 0. The Hall–Kier alpha value is -1.59. The van der Waals surface area contributed by atoms with Crippen LogP contribution in [0.1, 0.15) is 39.2 Å². The van der Waals surface area contributed by atoms with Crippen LogP contribution in [0.25, 0.3) is 0 Å². The largest absolute Gasteiger partial charge is 0.445 e. The van der Waals surface area contributed by atoms with Gasteiger partial charge in [0.05, 0.1) is 12.1 Å². The molecule has 1 amide bonds. The minimum Gasteiger partial charge on any atom is -0.445 e. The molecule has 5 heteroatoms. The molecule has 1 aliphatic heterocycles. The van der Waals surface area contributed by atoms with Crippen LogP contribution in [-0.4, -0.2) is 47.4 Å². The van der Waals surface area contributed by atoms with Gasteiger partial charge >= 0.3 is 6.09 Å². The van der Waals surface area contributed by atoms with Crippen LogP contribution in [0.4, 0.5) is 4.79 Å². The van der Waals surface area contributed by atoms with Crippen molar-refractivity contribution in [3.05, 3.63) is 35.9 Å². The number of hydrogen-bond acceptors (Lipinski definition) is 4. The Labute approximate surface area is 150 Å². The van der Waals surface area contributed by atoms with Crippen LogP contribution in [0.15, 0.2) is 30.3 Å². The highest BCUT2D eigenvalue weighted by molar-refractivity contribution is 5.67. The molecule has 1 heterocycles. The lowest BCUT2D eigenvalue weighted by Gasteiger charge is -2.58. The number of amides is 1. The normalized spacial score (nSPS) is 32.0. The van der Waals surface area contributed by atoms with Gasteiger partial charge in [-0.1, -0.05) is 51.1 Å². The van der Waals surface area contributed by atoms with Crippen molar-refractivity contribution in [2.75, 3.05) is 13.1 Å². The zero-order valence-corrected chi connectivity index (χ0v) is 15.4. The van der Waals surface area contributed by atoms with Crippen molar-refractivity contribution in [3.63, 3.8) is 0 Å². The smallest absolute Gasteiger partial charge is 0.407 e. The molecule has 1 aromatic rings. The molecule has 1 aliphatic carbocycles. The maximum Gasteiger partial charge on any atom is 0.407 e. The summed E-state index contributed by atoms with van der Waals surface area (Å²) in [7, 11) is 0. The van der Waals surface area contributed by atoms with E-state index in [1.165, 1.54) is 0 Å². The van der Waals surface area contributed by atoms with Gasteiger partial charge in [-0.3, -0.25) is 4.90 Å². The number of carbonyl (C=O) groups excluding carboxylic acids is 1. The van der Waals surface area contributed by atoms with E-state index in [4.69, 9.17) is 4.74 Å². The number of nitrogens with one attached hydrogen (secondary N) is 1. The van der Waals surface area contributed by atoms with Crippen LogP contribution in [0.2, 0.25) is 0 Å². The highest BCUT2D eigenvalue weighted by Crippen LogP contribution is 2.52. The lowest BCUT2D eigenvalue weighted by atomic mass is 9.65. The van der Waals surface area contributed by atoms with E-state index in [0.29, 0.717) is 12.0 Å². The highest BCUT2D eigenvalue weighted by atomic mass is 16.5. The van der Waals surface area contributed by atoms with E-state index in [1.54, 1.807) is 0 Å². The molecule has 25 heavy (non-hydrogen) atoms. The van der Waals surface area contributed by atoms with Gasteiger partial charge < -0.3 is 15.2 Å². The maximum absolute atomic E-state index is 12.1. The van der Waals surface area contributed by atoms with Gasteiger partial charge in [0.1, 0.15) is 6.61 Å². The van der Waals surface area contributed by atoms with Gasteiger partial charge in [0, 0.05) is 18.0 Å². The van der Waals surface area contributed by atoms with Crippen molar-refractivity contribution < 1.29 is 14.6 Å². The van der Waals surface area contributed by atoms with Crippen LogP contribution in [0.5, 0.6) is 0 Å². The van der Waals surface area contributed by atoms with Gasteiger partial charge in [0.2, 0.25) is 0 Å². The highest BCUT2D eigenvalue weighted by Gasteiger charge is 2.58. The number of likely N-dealkylation sites (tertiary alicyclic amines) is 1. The van der Waals surface area contributed by atoms with E-state index in [0.717, 1.165) is 31.5 Å². The molecule has 2 unspecified atom stereocenters. The molecule has 1 saturated carbocycles. The van der Waals surface area contributed by atoms with Gasteiger partial charge in [0.15, 0.2) is 0 Å². The average Bonchev–Trinajstić information content (AvgIpc) is 2.89. The third kappa shape index (κ3) is 3.67. The van der Waals surface area contributed by atoms with Gasteiger partial charge in [0.25, 0.3) is 0 Å². The van der Waals surface area contributed by atoms with Crippen molar-refractivity contribution in [2.24, 2.45) is 11.3 Å². The summed E-state index contributed by atoms with van der Waals surface area (Å²) in [5.41, 5.74) is 1.08. The first-order valence-corrected chi connectivity index (χ1v) is 9.34. The van der Waals surface area contributed by atoms with E-state index in [1.807, 2.05) is 30.3 Å². The number of ether oxygens (including phenoxy) is 1. The molecular formula is C20H30N2O3. The standard InChI is InChI=1S/C20H30N2O3/c1-4-22-13-20(18(22)14(2)3)10-16(17(23)11-20)21-19(24)25-12-15-8-6-5-7-9-15/h5-9,14,16-18,23H,4,10-13H2,1-3H3,(H,21,24)/t16-,17-,18?,20?/m1/s1. The fourth-order valence-electron chi connectivity index (χ4n) is 4.96. The van der Waals surface area contributed by atoms with Crippen molar-refractivity contribution in [3.8, 4) is 0 Å². The van der Waals surface area contributed by atoms with Crippen molar-refractivity contribution in [2.45, 2.75) is 58.4 Å². The van der Waals surface area contributed by atoms with Crippen LogP contribution in [0, 0.1) is 11.3 Å². The lowest BCUT2D eigenvalue weighted by molar-refractivity contribution is -0.0964. The molecule has 5 nitrogen and oxygen atoms in total. The molecule has 1 spiro atoms. The zero-order chi connectivity index (χ0) is 18.0. The minimum absolute atomic E-state index is 0.126. The number of carbonyl (C=O) groups is 1. The second-order valence-corrected chi connectivity index (χ2v) is 7.90. The SMILES string of the molecule is CCN1CC2(C[C@@H](O)[C@H](NC(=O)OCc3ccccc3)C2)C1C(C)C. The molecule has 0 aromatic heterocycles. The molecule has 1 aromatic carbocycles. The summed E-state index contributed by atoms with van der Waals surface area (Å²) in [5.74, 6) is 0.546. The molecule has 0 bridgehead atoms. The number of alkyl carbamates (subject to hydrolysis) is 1. The minimum atomic E-state index is -0.496.